The fourth-order valence-electron chi connectivity index (χ4n) is 5.80. The summed E-state index contributed by atoms with van der Waals surface area (Å²) in [6, 6.07) is 27.4. The first-order valence-corrected chi connectivity index (χ1v) is 19.0. The highest BCUT2D eigenvalue weighted by molar-refractivity contribution is 8.01. The summed E-state index contributed by atoms with van der Waals surface area (Å²) >= 11 is 5.01. The van der Waals surface area contributed by atoms with E-state index in [1.807, 2.05) is 97.9 Å². The zero-order valence-corrected chi connectivity index (χ0v) is 30.0. The van der Waals surface area contributed by atoms with Crippen molar-refractivity contribution in [3.8, 4) is 0 Å². The van der Waals surface area contributed by atoms with Crippen LogP contribution < -0.4 is 11.1 Å². The zero-order valence-electron chi connectivity index (χ0n) is 26.7. The first kappa shape index (κ1) is 34.4. The zero-order chi connectivity index (χ0) is 35.5. The van der Waals surface area contributed by atoms with Gasteiger partial charge in [-0.25, -0.2) is 4.79 Å². The summed E-state index contributed by atoms with van der Waals surface area (Å²) in [5.41, 5.74) is 7.01. The van der Waals surface area contributed by atoms with Gasteiger partial charge in [0.25, 0.3) is 11.8 Å². The van der Waals surface area contributed by atoms with Gasteiger partial charge in [0, 0.05) is 39.7 Å². The van der Waals surface area contributed by atoms with Crippen LogP contribution in [0, 0.1) is 6.92 Å². The van der Waals surface area contributed by atoms with E-state index in [1.54, 1.807) is 0 Å². The molecule has 1 fully saturated rings. The van der Waals surface area contributed by atoms with Crippen LogP contribution in [-0.2, 0) is 24.8 Å². The highest BCUT2D eigenvalue weighted by Gasteiger charge is 2.54. The van der Waals surface area contributed by atoms with Crippen LogP contribution in [0.25, 0.3) is 0 Å². The summed E-state index contributed by atoms with van der Waals surface area (Å²) in [5, 5.41) is 25.7. The number of nitrogen functional groups attached to an aromatic ring is 1. The number of hydrogen-bond acceptors (Lipinski definition) is 14. The quantitative estimate of drug-likeness (QED) is 0.0532. The van der Waals surface area contributed by atoms with Gasteiger partial charge in [-0.05, 0) is 12.5 Å². The molecule has 7 rings (SSSR count). The number of hydrogen-bond donors (Lipinski definition) is 3. The second kappa shape index (κ2) is 14.6. The number of aromatic nitrogens is 4. The molecule has 2 aromatic heterocycles. The number of aliphatic carboxylic acids is 1. The highest BCUT2D eigenvalue weighted by Crippen LogP contribution is 2.43. The van der Waals surface area contributed by atoms with Crippen LogP contribution in [0.3, 0.4) is 0 Å². The van der Waals surface area contributed by atoms with E-state index in [0.717, 1.165) is 33.2 Å². The molecule has 17 heteroatoms. The summed E-state index contributed by atoms with van der Waals surface area (Å²) in [6.45, 7) is 1.84. The molecule has 258 valence electrons. The molecular formula is C34H28N8O5S4. The van der Waals surface area contributed by atoms with Gasteiger partial charge in [0.05, 0.1) is 0 Å². The second-order valence-electron chi connectivity index (χ2n) is 11.3. The molecule has 2 aliphatic rings. The summed E-state index contributed by atoms with van der Waals surface area (Å²) in [7, 11) is 0. The van der Waals surface area contributed by atoms with Crippen LogP contribution in [-0.4, -0.2) is 76.0 Å². The number of carboxylic acids is 1. The molecule has 2 aliphatic heterocycles. The minimum atomic E-state index is -1.32. The maximum Gasteiger partial charge on any atom is 0.352 e. The number of nitrogens with two attached hydrogens (primary N) is 1. The molecule has 2 atom stereocenters. The Morgan fingerprint density at radius 1 is 1.02 bits per heavy atom. The third kappa shape index (κ3) is 6.72. The topological polar surface area (TPSA) is 186 Å². The highest BCUT2D eigenvalue weighted by atomic mass is 32.2. The normalized spacial score (nSPS) is 17.5. The van der Waals surface area contributed by atoms with E-state index in [1.165, 1.54) is 39.8 Å². The summed E-state index contributed by atoms with van der Waals surface area (Å²) in [6.07, 6.45) is 0. The van der Waals surface area contributed by atoms with E-state index in [9.17, 15) is 19.5 Å². The number of nitrogens with one attached hydrogen (secondary N) is 1. The standard InChI is InChI=1S/C34H28N8O5S4/c1-19-38-39-33(50-19)49-18-20-17-48-30-25(29(44)42(30)26(20)31(45)46)36-28(43)24(27-37-32(35)51-41-27)40-47-34(21-11-5-2-6-12-21,22-13-7-3-8-14-22)23-15-9-4-10-16-23/h2-16,25,30H,17-18H2,1H3,(H,36,43)(H,45,46)(H2,35,37,41)/b40-24-/t25?,30-/m1/s1. The number of oxime groups is 1. The second-order valence-corrected chi connectivity index (χ2v) is 15.6. The molecule has 1 unspecified atom stereocenters. The number of carboxylic acid groups (broad SMARTS) is 1. The lowest BCUT2D eigenvalue weighted by Gasteiger charge is -2.49. The number of amides is 2. The van der Waals surface area contributed by atoms with E-state index in [2.05, 4.69) is 30.0 Å². The van der Waals surface area contributed by atoms with E-state index in [0.29, 0.717) is 21.4 Å². The molecule has 0 spiro atoms. The lowest BCUT2D eigenvalue weighted by Crippen LogP contribution is -2.71. The Hall–Kier alpha value is -5.10. The molecule has 4 heterocycles. The fourth-order valence-corrected chi connectivity index (χ4v) is 9.53. The molecule has 1 saturated heterocycles. The van der Waals surface area contributed by atoms with Crippen molar-refractivity contribution in [3.63, 3.8) is 0 Å². The van der Waals surface area contributed by atoms with Gasteiger partial charge in [-0.1, -0.05) is 119 Å². The number of aryl methyl sites for hydroxylation is 1. The molecule has 0 radical (unpaired) electrons. The number of nitrogens with zero attached hydrogens (tertiary/aromatic N) is 6. The van der Waals surface area contributed by atoms with Gasteiger partial charge in [-0.15, -0.1) is 22.0 Å². The third-order valence-corrected chi connectivity index (χ3v) is 12.0. The van der Waals surface area contributed by atoms with E-state index >= 15 is 0 Å². The summed E-state index contributed by atoms with van der Waals surface area (Å²) in [4.78, 5) is 52.0. The minimum Gasteiger partial charge on any atom is -0.477 e. The molecule has 5 aromatic rings. The Bertz CT molecular complexity index is 2050. The molecule has 3 aromatic carbocycles. The monoisotopic (exact) mass is 756 g/mol. The Morgan fingerprint density at radius 2 is 1.63 bits per heavy atom. The van der Waals surface area contributed by atoms with Crippen molar-refractivity contribution in [2.45, 2.75) is 28.3 Å². The van der Waals surface area contributed by atoms with Gasteiger partial charge in [-0.3, -0.25) is 14.5 Å². The SMILES string of the molecule is Cc1nnc(SCC2=C(C(=O)O)N3C(=O)C(NC(=O)/C(=N\OC(c4ccccc4)(c4ccccc4)c4ccccc4)c4nsc(N)n4)[C@H]3SC2)s1. The Labute approximate surface area is 308 Å². The lowest BCUT2D eigenvalue weighted by atomic mass is 9.80. The van der Waals surface area contributed by atoms with Gasteiger partial charge in [0.2, 0.25) is 17.1 Å². The minimum absolute atomic E-state index is 0.0876. The molecule has 4 N–H and O–H groups in total. The molecular weight excluding hydrogens is 729 g/mol. The van der Waals surface area contributed by atoms with Crippen molar-refractivity contribution in [1.29, 1.82) is 0 Å². The Balaban J connectivity index is 1.21. The molecule has 0 aliphatic carbocycles. The van der Waals surface area contributed by atoms with Crippen LogP contribution in [0.5, 0.6) is 0 Å². The van der Waals surface area contributed by atoms with Crippen molar-refractivity contribution in [1.82, 2.24) is 29.8 Å². The first-order valence-electron chi connectivity index (χ1n) is 15.4. The van der Waals surface area contributed by atoms with Crippen LogP contribution in [0.2, 0.25) is 0 Å². The molecule has 13 nitrogen and oxygen atoms in total. The molecule has 0 saturated carbocycles. The van der Waals surface area contributed by atoms with Gasteiger partial charge >= 0.3 is 5.97 Å². The van der Waals surface area contributed by atoms with E-state index in [-0.39, 0.29) is 22.4 Å². The number of fused-ring (bicyclic) bond motifs is 1. The van der Waals surface area contributed by atoms with Gasteiger partial charge in [0.1, 0.15) is 22.1 Å². The Kier molecular flexibility index (Phi) is 9.86. The lowest BCUT2D eigenvalue weighted by molar-refractivity contribution is -0.150. The maximum atomic E-state index is 14.1. The number of carbonyl (C=O) groups excluding carboxylic acids is 2. The number of thioether (sulfide) groups is 2. The van der Waals surface area contributed by atoms with Crippen LogP contribution in [0.1, 0.15) is 27.5 Å². The van der Waals surface area contributed by atoms with Gasteiger partial charge < -0.3 is 21.0 Å². The van der Waals surface area contributed by atoms with E-state index in [4.69, 9.17) is 10.6 Å². The average Bonchev–Trinajstić information content (AvgIpc) is 3.79. The fraction of sp³-hybridized carbons (Fsp3) is 0.176. The van der Waals surface area contributed by atoms with Crippen molar-refractivity contribution < 1.29 is 24.3 Å². The predicted molar refractivity (Wildman–Crippen MR) is 196 cm³/mol. The average molecular weight is 757 g/mol. The maximum absolute atomic E-state index is 14.1. The van der Waals surface area contributed by atoms with Crippen LogP contribution in [0.4, 0.5) is 5.13 Å². The van der Waals surface area contributed by atoms with Crippen molar-refractivity contribution >= 4 is 75.0 Å². The van der Waals surface area contributed by atoms with Crippen molar-refractivity contribution in [3.05, 3.63) is 130 Å². The summed E-state index contributed by atoms with van der Waals surface area (Å²) in [5.74, 6) is -1.99. The van der Waals surface area contributed by atoms with Crippen LogP contribution >= 0.6 is 46.4 Å². The molecule has 0 bridgehead atoms. The molecule has 2 amide bonds. The van der Waals surface area contributed by atoms with Crippen molar-refractivity contribution in [2.24, 2.45) is 5.16 Å². The first-order chi connectivity index (χ1) is 24.8. The smallest absolute Gasteiger partial charge is 0.352 e. The number of carbonyl (C=O) groups is 3. The van der Waals surface area contributed by atoms with Gasteiger partial charge in [-0.2, -0.15) is 9.36 Å². The van der Waals surface area contributed by atoms with E-state index < -0.39 is 34.8 Å². The largest absolute Gasteiger partial charge is 0.477 e. The molecule has 51 heavy (non-hydrogen) atoms. The van der Waals surface area contributed by atoms with Gasteiger partial charge in [0.15, 0.2) is 9.47 Å². The third-order valence-electron chi connectivity index (χ3n) is 8.10. The van der Waals surface area contributed by atoms with Crippen LogP contribution in [0.15, 0.2) is 112 Å². The van der Waals surface area contributed by atoms with Crippen molar-refractivity contribution in [2.75, 3.05) is 17.2 Å². The Morgan fingerprint density at radius 3 is 2.14 bits per heavy atom. The predicted octanol–water partition coefficient (Wildman–Crippen LogP) is 4.52. The number of benzene rings is 3. The number of rotatable bonds is 12. The number of anilines is 1. The summed E-state index contributed by atoms with van der Waals surface area (Å²) < 4.78 is 4.94. The number of β-lactam (4-membered cyclic amide) rings is 1.